The van der Waals surface area contributed by atoms with Crippen LogP contribution in [0.15, 0.2) is 27.6 Å². The van der Waals surface area contributed by atoms with Crippen LogP contribution in [0.1, 0.15) is 70.3 Å². The van der Waals surface area contributed by atoms with Crippen LogP contribution in [0.25, 0.3) is 0 Å². The third-order valence-electron chi connectivity index (χ3n) is 10.1. The molecule has 1 aromatic heterocycles. The van der Waals surface area contributed by atoms with E-state index >= 15 is 0 Å². The van der Waals surface area contributed by atoms with Crippen molar-refractivity contribution in [2.75, 3.05) is 7.11 Å². The minimum Gasteiger partial charge on any atom is -0.461 e. The van der Waals surface area contributed by atoms with Crippen LogP contribution in [0.4, 0.5) is 0 Å². The van der Waals surface area contributed by atoms with Gasteiger partial charge in [0.25, 0.3) is 0 Å². The number of carbonyl (C=O) groups excluding carboxylic acids is 2. The van der Waals surface area contributed by atoms with E-state index in [-0.39, 0.29) is 25.7 Å². The number of aliphatic hydroxyl groups excluding tert-OH is 3. The quantitative estimate of drug-likeness (QED) is 0.280. The van der Waals surface area contributed by atoms with Gasteiger partial charge < -0.3 is 39.5 Å². The van der Waals surface area contributed by atoms with E-state index in [2.05, 4.69) is 0 Å². The van der Waals surface area contributed by atoms with Crippen molar-refractivity contribution in [2.45, 2.75) is 94.2 Å². The average Bonchev–Trinajstić information content (AvgIpc) is 3.05. The second-order valence-electron chi connectivity index (χ2n) is 11.5. The molecule has 0 saturated heterocycles. The van der Waals surface area contributed by atoms with Crippen LogP contribution in [0.3, 0.4) is 0 Å². The normalized spacial score (nSPS) is 46.4. The summed E-state index contributed by atoms with van der Waals surface area (Å²) in [6.45, 7) is 3.16. The zero-order valence-corrected chi connectivity index (χ0v) is 21.5. The van der Waals surface area contributed by atoms with Gasteiger partial charge in [-0.1, -0.05) is 6.92 Å². The van der Waals surface area contributed by atoms with Crippen molar-refractivity contribution in [1.29, 1.82) is 0 Å². The van der Waals surface area contributed by atoms with Gasteiger partial charge in [-0.3, -0.25) is 4.79 Å². The average molecular weight is 523 g/mol. The molecule has 4 aliphatic rings. The first kappa shape index (κ1) is 27.9. The number of carbonyl (C=O) groups is 2. The van der Waals surface area contributed by atoms with Crippen molar-refractivity contribution in [3.8, 4) is 0 Å². The number of aldehydes is 1. The summed E-state index contributed by atoms with van der Waals surface area (Å²) >= 11 is 0. The van der Waals surface area contributed by atoms with Gasteiger partial charge in [0.2, 0.25) is 0 Å². The zero-order chi connectivity index (χ0) is 27.4. The molecule has 0 radical (unpaired) electrons. The molecule has 5 N–H and O–H groups in total. The highest BCUT2D eigenvalue weighted by molar-refractivity contribution is 5.70. The second-order valence-corrected chi connectivity index (χ2v) is 11.5. The molecule has 0 amide bonds. The summed E-state index contributed by atoms with van der Waals surface area (Å²) in [7, 11) is 1.00. The molecule has 0 aliphatic heterocycles. The first-order valence-electron chi connectivity index (χ1n) is 12.9. The summed E-state index contributed by atoms with van der Waals surface area (Å²) < 4.78 is 10.6. The molecule has 0 spiro atoms. The number of esters is 1. The molecule has 4 saturated carbocycles. The predicted molar refractivity (Wildman–Crippen MR) is 129 cm³/mol. The molecule has 0 unspecified atom stereocenters. The van der Waals surface area contributed by atoms with Gasteiger partial charge in [-0.2, -0.15) is 0 Å². The Balaban J connectivity index is 0.00000156. The van der Waals surface area contributed by atoms with Crippen LogP contribution < -0.4 is 5.63 Å². The molecule has 10 nitrogen and oxygen atoms in total. The lowest BCUT2D eigenvalue weighted by Crippen LogP contribution is -2.73. The van der Waals surface area contributed by atoms with Gasteiger partial charge in [-0.15, -0.1) is 0 Å². The highest BCUT2D eigenvalue weighted by Gasteiger charge is 2.75. The molecule has 206 valence electrons. The molecule has 4 aliphatic carbocycles. The topological polar surface area (TPSA) is 175 Å². The minimum atomic E-state index is -1.57. The molecular formula is C27H38O10. The second kappa shape index (κ2) is 9.57. The van der Waals surface area contributed by atoms with Crippen molar-refractivity contribution < 1.29 is 44.3 Å². The van der Waals surface area contributed by atoms with E-state index in [9.17, 15) is 34.8 Å². The van der Waals surface area contributed by atoms with Gasteiger partial charge in [0.15, 0.2) is 0 Å². The molecule has 4 fully saturated rings. The summed E-state index contributed by atoms with van der Waals surface area (Å²) in [5.41, 5.74) is -5.06. The van der Waals surface area contributed by atoms with Crippen molar-refractivity contribution >= 4 is 12.3 Å². The first-order valence-corrected chi connectivity index (χ1v) is 12.9. The number of rotatable bonds is 3. The van der Waals surface area contributed by atoms with Crippen molar-refractivity contribution in [1.82, 2.24) is 0 Å². The lowest BCUT2D eigenvalue weighted by molar-refractivity contribution is -0.274. The summed E-state index contributed by atoms with van der Waals surface area (Å²) in [4.78, 5) is 36.4. The summed E-state index contributed by atoms with van der Waals surface area (Å²) in [6.07, 6.45) is 0.746. The van der Waals surface area contributed by atoms with Crippen LogP contribution in [-0.4, -0.2) is 74.4 Å². The molecule has 0 aromatic carbocycles. The van der Waals surface area contributed by atoms with Gasteiger partial charge >= 0.3 is 11.6 Å². The SMILES string of the molecule is CC(=O)O[C@@H]1C[C@H](O)C[C@@]2(O)CC[C@@H]3[C@H](CC[C@]4(C)[C@@H](c5ccc(=O)oc5)[C@@H](O)C[C@]34O)[C@@]12C=O.CO. The predicted octanol–water partition coefficient (Wildman–Crippen LogP) is 0.657. The molecule has 0 bridgehead atoms. The molecule has 1 aromatic rings. The molecular weight excluding hydrogens is 484 g/mol. The number of hydrogen-bond donors (Lipinski definition) is 5. The van der Waals surface area contributed by atoms with E-state index < -0.39 is 69.7 Å². The Morgan fingerprint density at radius 3 is 2.38 bits per heavy atom. The fraction of sp³-hybridized carbons (Fsp3) is 0.741. The zero-order valence-electron chi connectivity index (χ0n) is 21.5. The summed E-state index contributed by atoms with van der Waals surface area (Å²) in [6, 6.07) is 2.92. The van der Waals surface area contributed by atoms with E-state index in [1.807, 2.05) is 6.92 Å². The Morgan fingerprint density at radius 2 is 1.78 bits per heavy atom. The molecule has 5 rings (SSSR count). The summed E-state index contributed by atoms with van der Waals surface area (Å²) in [5.74, 6) is -2.04. The van der Waals surface area contributed by atoms with Gasteiger partial charge in [0.1, 0.15) is 12.4 Å². The number of ether oxygens (including phenoxy) is 1. The first-order chi connectivity index (χ1) is 17.4. The van der Waals surface area contributed by atoms with Crippen LogP contribution >= 0.6 is 0 Å². The summed E-state index contributed by atoms with van der Waals surface area (Å²) in [5, 5.41) is 52.7. The van der Waals surface area contributed by atoms with Crippen LogP contribution in [0.2, 0.25) is 0 Å². The highest BCUT2D eigenvalue weighted by atomic mass is 16.5. The minimum absolute atomic E-state index is 0.00325. The van der Waals surface area contributed by atoms with Gasteiger partial charge in [0.05, 0.1) is 35.1 Å². The lowest BCUT2D eigenvalue weighted by atomic mass is 9.41. The van der Waals surface area contributed by atoms with E-state index in [4.69, 9.17) is 14.3 Å². The Morgan fingerprint density at radius 1 is 1.11 bits per heavy atom. The van der Waals surface area contributed by atoms with E-state index in [1.165, 1.54) is 19.3 Å². The molecule has 37 heavy (non-hydrogen) atoms. The highest BCUT2D eigenvalue weighted by Crippen LogP contribution is 2.71. The maximum absolute atomic E-state index is 12.9. The Bertz CT molecular complexity index is 1070. The molecule has 1 heterocycles. The van der Waals surface area contributed by atoms with Crippen LogP contribution in [0, 0.1) is 22.7 Å². The van der Waals surface area contributed by atoms with Crippen molar-refractivity contribution in [3.05, 3.63) is 34.4 Å². The van der Waals surface area contributed by atoms with Crippen LogP contribution in [0.5, 0.6) is 0 Å². The number of hydrogen-bond acceptors (Lipinski definition) is 10. The third-order valence-corrected chi connectivity index (χ3v) is 10.1. The smallest absolute Gasteiger partial charge is 0.335 e. The maximum atomic E-state index is 12.9. The van der Waals surface area contributed by atoms with Crippen molar-refractivity contribution in [2.24, 2.45) is 22.7 Å². The van der Waals surface area contributed by atoms with E-state index in [1.54, 1.807) is 6.07 Å². The fourth-order valence-electron chi connectivity index (χ4n) is 8.75. The van der Waals surface area contributed by atoms with Gasteiger partial charge in [-0.05, 0) is 49.1 Å². The largest absolute Gasteiger partial charge is 0.461 e. The Labute approximate surface area is 215 Å². The van der Waals surface area contributed by atoms with E-state index in [0.29, 0.717) is 31.1 Å². The standard InChI is InChI=1S/C26H34O9.CH4O/c1-14(28)35-20-9-16(29)10-24(32)8-6-18-17(25(20,24)13-27)5-7-23(2)22(19(30)11-26(18,23)33)15-3-4-21(31)34-12-15;1-2/h3-4,12-13,16-20,22,29-30,32-33H,5-11H2,1-2H3;2H,1H3/t16-,17-,18+,19-,20+,22-,23+,24-,25-,26-;/m0./s1. The number of aliphatic hydroxyl groups is 5. The van der Waals surface area contributed by atoms with Crippen LogP contribution in [-0.2, 0) is 14.3 Å². The third kappa shape index (κ3) is 3.83. The van der Waals surface area contributed by atoms with Gasteiger partial charge in [0, 0.05) is 50.7 Å². The van der Waals surface area contributed by atoms with E-state index in [0.717, 1.165) is 7.11 Å². The molecule has 10 atom stereocenters. The maximum Gasteiger partial charge on any atom is 0.335 e. The monoisotopic (exact) mass is 522 g/mol. The molecule has 10 heteroatoms. The number of fused-ring (bicyclic) bond motifs is 5. The van der Waals surface area contributed by atoms with Crippen molar-refractivity contribution in [3.63, 3.8) is 0 Å². The fourth-order valence-corrected chi connectivity index (χ4v) is 8.75. The lowest BCUT2D eigenvalue weighted by Gasteiger charge is -2.66. The van der Waals surface area contributed by atoms with Gasteiger partial charge in [-0.25, -0.2) is 4.79 Å². The Hall–Kier alpha value is -2.11. The Kier molecular flexibility index (Phi) is 7.22.